The molecule has 3 aromatic rings. The normalized spacial score (nSPS) is 10.8. The molecular formula is C17H19N5O2. The molecule has 24 heavy (non-hydrogen) atoms. The van der Waals surface area contributed by atoms with E-state index in [0.717, 1.165) is 28.2 Å². The van der Waals surface area contributed by atoms with Gasteiger partial charge in [0.25, 0.3) is 0 Å². The molecule has 0 aliphatic heterocycles. The molecule has 124 valence electrons. The first kappa shape index (κ1) is 16.1. The maximum absolute atomic E-state index is 5.40. The van der Waals surface area contributed by atoms with Crippen molar-refractivity contribution >= 4 is 5.95 Å². The van der Waals surface area contributed by atoms with Crippen LogP contribution >= 0.6 is 0 Å². The number of hydrogen-bond donors (Lipinski definition) is 1. The zero-order chi connectivity index (χ0) is 16.9. The van der Waals surface area contributed by atoms with Gasteiger partial charge in [-0.3, -0.25) is 4.98 Å². The standard InChI is InChI=1S/C17H19N5O2/c1-11-9-15(24-22-11)14-10-20-17(19-7-8-23-3)21-16(14)13-5-4-6-18-12(13)2/h4-6,9-10H,7-8H2,1-3H3,(H,19,20,21). The highest BCUT2D eigenvalue weighted by Gasteiger charge is 2.17. The number of aromatic nitrogens is 4. The summed E-state index contributed by atoms with van der Waals surface area (Å²) in [6, 6.07) is 5.74. The minimum absolute atomic E-state index is 0.533. The first-order valence-electron chi connectivity index (χ1n) is 7.64. The highest BCUT2D eigenvalue weighted by molar-refractivity contribution is 5.79. The lowest BCUT2D eigenvalue weighted by molar-refractivity contribution is 0.210. The Kier molecular flexibility index (Phi) is 4.81. The molecule has 0 amide bonds. The first-order valence-corrected chi connectivity index (χ1v) is 7.64. The molecular weight excluding hydrogens is 306 g/mol. The Morgan fingerprint density at radius 1 is 1.21 bits per heavy atom. The molecule has 0 atom stereocenters. The SMILES string of the molecule is COCCNc1ncc(-c2cc(C)no2)c(-c2cccnc2C)n1. The van der Waals surface area contributed by atoms with E-state index in [0.29, 0.717) is 24.9 Å². The average Bonchev–Trinajstić information content (AvgIpc) is 3.02. The fraction of sp³-hybridized carbons (Fsp3) is 0.294. The largest absolute Gasteiger partial charge is 0.383 e. The molecule has 0 saturated heterocycles. The highest BCUT2D eigenvalue weighted by atomic mass is 16.5. The second-order valence-electron chi connectivity index (χ2n) is 5.34. The van der Waals surface area contributed by atoms with E-state index in [1.54, 1.807) is 19.5 Å². The molecule has 7 nitrogen and oxygen atoms in total. The van der Waals surface area contributed by atoms with E-state index in [2.05, 4.69) is 25.4 Å². The molecule has 0 radical (unpaired) electrons. The van der Waals surface area contributed by atoms with E-state index in [1.165, 1.54) is 0 Å². The monoisotopic (exact) mass is 325 g/mol. The quantitative estimate of drug-likeness (QED) is 0.697. The zero-order valence-electron chi connectivity index (χ0n) is 13.9. The highest BCUT2D eigenvalue weighted by Crippen LogP contribution is 2.32. The van der Waals surface area contributed by atoms with Crippen LogP contribution in [0.3, 0.4) is 0 Å². The number of hydrogen-bond acceptors (Lipinski definition) is 7. The molecule has 3 rings (SSSR count). The van der Waals surface area contributed by atoms with Gasteiger partial charge in [-0.2, -0.15) is 0 Å². The van der Waals surface area contributed by atoms with Gasteiger partial charge in [0.1, 0.15) is 0 Å². The van der Waals surface area contributed by atoms with E-state index >= 15 is 0 Å². The Hall–Kier alpha value is -2.80. The van der Waals surface area contributed by atoms with Gasteiger partial charge in [0.2, 0.25) is 5.95 Å². The Morgan fingerprint density at radius 2 is 2.08 bits per heavy atom. The van der Waals surface area contributed by atoms with Crippen molar-refractivity contribution < 1.29 is 9.26 Å². The van der Waals surface area contributed by atoms with Crippen molar-refractivity contribution in [1.29, 1.82) is 0 Å². The Balaban J connectivity index is 2.07. The summed E-state index contributed by atoms with van der Waals surface area (Å²) in [5.41, 5.74) is 4.16. The molecule has 0 aliphatic carbocycles. The number of ether oxygens (including phenoxy) is 1. The third-order valence-corrected chi connectivity index (χ3v) is 3.53. The molecule has 0 bridgehead atoms. The number of methoxy groups -OCH3 is 1. The predicted octanol–water partition coefficient (Wildman–Crippen LogP) is 2.87. The summed E-state index contributed by atoms with van der Waals surface area (Å²) in [4.78, 5) is 13.4. The first-order chi connectivity index (χ1) is 11.7. The number of pyridine rings is 1. The summed E-state index contributed by atoms with van der Waals surface area (Å²) >= 11 is 0. The van der Waals surface area contributed by atoms with Crippen molar-refractivity contribution in [3.63, 3.8) is 0 Å². The number of rotatable bonds is 6. The Bertz CT molecular complexity index is 831. The van der Waals surface area contributed by atoms with Crippen molar-refractivity contribution in [2.45, 2.75) is 13.8 Å². The minimum atomic E-state index is 0.533. The smallest absolute Gasteiger partial charge is 0.223 e. The van der Waals surface area contributed by atoms with Crippen molar-refractivity contribution in [3.05, 3.63) is 42.0 Å². The summed E-state index contributed by atoms with van der Waals surface area (Å²) < 4.78 is 10.4. The van der Waals surface area contributed by atoms with Gasteiger partial charge in [0, 0.05) is 43.4 Å². The minimum Gasteiger partial charge on any atom is -0.383 e. The fourth-order valence-electron chi connectivity index (χ4n) is 2.34. The second-order valence-corrected chi connectivity index (χ2v) is 5.34. The molecule has 3 aromatic heterocycles. The summed E-state index contributed by atoms with van der Waals surface area (Å²) in [5, 5.41) is 7.10. The number of nitrogens with one attached hydrogen (secondary N) is 1. The van der Waals surface area contributed by atoms with E-state index in [9.17, 15) is 0 Å². The number of nitrogens with zero attached hydrogens (tertiary/aromatic N) is 4. The van der Waals surface area contributed by atoms with Gasteiger partial charge in [-0.05, 0) is 26.0 Å². The van der Waals surface area contributed by atoms with E-state index in [-0.39, 0.29) is 0 Å². The molecule has 0 aromatic carbocycles. The van der Waals surface area contributed by atoms with Crippen LogP contribution in [-0.2, 0) is 4.74 Å². The van der Waals surface area contributed by atoms with Crippen LogP contribution < -0.4 is 5.32 Å². The summed E-state index contributed by atoms with van der Waals surface area (Å²) in [7, 11) is 1.66. The molecule has 0 unspecified atom stereocenters. The predicted molar refractivity (Wildman–Crippen MR) is 90.6 cm³/mol. The Morgan fingerprint density at radius 3 is 2.79 bits per heavy atom. The van der Waals surface area contributed by atoms with Crippen LogP contribution in [0, 0.1) is 13.8 Å². The lowest BCUT2D eigenvalue weighted by atomic mass is 10.0. The van der Waals surface area contributed by atoms with Crippen LogP contribution in [0.2, 0.25) is 0 Å². The van der Waals surface area contributed by atoms with Gasteiger partial charge >= 0.3 is 0 Å². The molecule has 1 N–H and O–H groups in total. The second kappa shape index (κ2) is 7.18. The van der Waals surface area contributed by atoms with Crippen LogP contribution in [-0.4, -0.2) is 40.4 Å². The third kappa shape index (κ3) is 3.41. The van der Waals surface area contributed by atoms with Crippen molar-refractivity contribution in [2.24, 2.45) is 0 Å². The summed E-state index contributed by atoms with van der Waals surface area (Å²) in [5.74, 6) is 1.17. The van der Waals surface area contributed by atoms with E-state index in [4.69, 9.17) is 9.26 Å². The molecule has 7 heteroatoms. The number of anilines is 1. The van der Waals surface area contributed by atoms with Crippen LogP contribution in [0.15, 0.2) is 35.1 Å². The van der Waals surface area contributed by atoms with Gasteiger partial charge in [-0.15, -0.1) is 0 Å². The van der Waals surface area contributed by atoms with Gasteiger partial charge in [-0.1, -0.05) is 5.16 Å². The van der Waals surface area contributed by atoms with Crippen LogP contribution in [0.1, 0.15) is 11.4 Å². The van der Waals surface area contributed by atoms with Gasteiger partial charge in [0.05, 0.1) is 23.6 Å². The lowest BCUT2D eigenvalue weighted by Gasteiger charge is -2.11. The van der Waals surface area contributed by atoms with E-state index < -0.39 is 0 Å². The van der Waals surface area contributed by atoms with Crippen LogP contribution in [0.4, 0.5) is 5.95 Å². The van der Waals surface area contributed by atoms with Crippen molar-refractivity contribution in [3.8, 4) is 22.6 Å². The maximum atomic E-state index is 5.40. The Labute approximate surface area is 140 Å². The molecule has 0 aliphatic rings. The number of aryl methyl sites for hydroxylation is 2. The average molecular weight is 325 g/mol. The molecule has 0 spiro atoms. The van der Waals surface area contributed by atoms with Gasteiger partial charge < -0.3 is 14.6 Å². The third-order valence-electron chi connectivity index (χ3n) is 3.53. The van der Waals surface area contributed by atoms with Crippen LogP contribution in [0.25, 0.3) is 22.6 Å². The van der Waals surface area contributed by atoms with Crippen LogP contribution in [0.5, 0.6) is 0 Å². The topological polar surface area (TPSA) is 86.0 Å². The molecule has 3 heterocycles. The maximum Gasteiger partial charge on any atom is 0.223 e. The summed E-state index contributed by atoms with van der Waals surface area (Å²) in [6.07, 6.45) is 3.50. The fourth-order valence-corrected chi connectivity index (χ4v) is 2.34. The zero-order valence-corrected chi connectivity index (χ0v) is 13.9. The molecule has 0 fully saturated rings. The van der Waals surface area contributed by atoms with E-state index in [1.807, 2.05) is 32.0 Å². The van der Waals surface area contributed by atoms with Gasteiger partial charge in [0.15, 0.2) is 5.76 Å². The lowest BCUT2D eigenvalue weighted by Crippen LogP contribution is -2.11. The van der Waals surface area contributed by atoms with Crippen molar-refractivity contribution in [2.75, 3.05) is 25.6 Å². The molecule has 0 saturated carbocycles. The van der Waals surface area contributed by atoms with Gasteiger partial charge in [-0.25, -0.2) is 9.97 Å². The van der Waals surface area contributed by atoms with Crippen molar-refractivity contribution in [1.82, 2.24) is 20.1 Å². The summed E-state index contributed by atoms with van der Waals surface area (Å²) in [6.45, 7) is 5.03.